The quantitative estimate of drug-likeness (QED) is 0.775. The molecule has 0 saturated carbocycles. The fourth-order valence-corrected chi connectivity index (χ4v) is 1.65. The average molecular weight is 193 g/mol. The molecule has 0 aromatic carbocycles. The molecule has 0 bridgehead atoms. The number of carbonyl (C=O) groups is 1. The van der Waals surface area contributed by atoms with Crippen molar-refractivity contribution in [1.82, 2.24) is 4.98 Å². The molecule has 1 fully saturated rings. The van der Waals surface area contributed by atoms with Crippen molar-refractivity contribution in [1.29, 1.82) is 0 Å². The van der Waals surface area contributed by atoms with Crippen molar-refractivity contribution in [2.45, 2.75) is 18.9 Å². The van der Waals surface area contributed by atoms with E-state index in [2.05, 4.69) is 4.98 Å². The van der Waals surface area contributed by atoms with E-state index in [1.807, 2.05) is 0 Å². The van der Waals surface area contributed by atoms with Crippen LogP contribution < -0.4 is 0 Å². The standard InChI is InChI=1S/C10H11NO3/c12-10(13)7-3-1-5-11-9(7)8-4-2-6-14-8/h1,3,5,8H,2,4,6H2,(H,12,13). The molecule has 0 radical (unpaired) electrons. The Kier molecular flexibility index (Phi) is 2.45. The molecule has 2 heterocycles. The molecule has 0 amide bonds. The Morgan fingerprint density at radius 1 is 1.64 bits per heavy atom. The van der Waals surface area contributed by atoms with Gasteiger partial charge in [0.05, 0.1) is 11.3 Å². The third-order valence-corrected chi connectivity index (χ3v) is 2.30. The fraction of sp³-hybridized carbons (Fsp3) is 0.400. The van der Waals surface area contributed by atoms with E-state index in [1.54, 1.807) is 18.3 Å². The van der Waals surface area contributed by atoms with E-state index in [4.69, 9.17) is 9.84 Å². The predicted octanol–water partition coefficient (Wildman–Crippen LogP) is 1.63. The SMILES string of the molecule is O=C(O)c1cccnc1C1CCCO1. The summed E-state index contributed by atoms with van der Waals surface area (Å²) in [6.07, 6.45) is 3.29. The third-order valence-electron chi connectivity index (χ3n) is 2.30. The monoisotopic (exact) mass is 193 g/mol. The first-order valence-electron chi connectivity index (χ1n) is 4.59. The minimum Gasteiger partial charge on any atom is -0.478 e. The summed E-state index contributed by atoms with van der Waals surface area (Å²) < 4.78 is 5.40. The molecule has 0 aliphatic carbocycles. The van der Waals surface area contributed by atoms with Gasteiger partial charge < -0.3 is 9.84 Å². The minimum atomic E-state index is -0.941. The van der Waals surface area contributed by atoms with E-state index >= 15 is 0 Å². The second kappa shape index (κ2) is 3.75. The van der Waals surface area contributed by atoms with Crippen LogP contribution in [0.25, 0.3) is 0 Å². The highest BCUT2D eigenvalue weighted by atomic mass is 16.5. The molecular weight excluding hydrogens is 182 g/mol. The van der Waals surface area contributed by atoms with Gasteiger partial charge in [0.1, 0.15) is 6.10 Å². The van der Waals surface area contributed by atoms with Gasteiger partial charge in [0.15, 0.2) is 0 Å². The molecule has 1 atom stereocenters. The molecule has 4 heteroatoms. The van der Waals surface area contributed by atoms with E-state index in [-0.39, 0.29) is 11.7 Å². The Balaban J connectivity index is 2.35. The highest BCUT2D eigenvalue weighted by Crippen LogP contribution is 2.28. The molecule has 74 valence electrons. The maximum Gasteiger partial charge on any atom is 0.337 e. The van der Waals surface area contributed by atoms with E-state index in [1.165, 1.54) is 0 Å². The molecule has 14 heavy (non-hydrogen) atoms. The van der Waals surface area contributed by atoms with Crippen molar-refractivity contribution in [3.05, 3.63) is 29.6 Å². The van der Waals surface area contributed by atoms with E-state index in [0.717, 1.165) is 12.8 Å². The van der Waals surface area contributed by atoms with Crippen molar-refractivity contribution in [2.24, 2.45) is 0 Å². The first-order valence-corrected chi connectivity index (χ1v) is 4.59. The van der Waals surface area contributed by atoms with Crippen LogP contribution in [-0.2, 0) is 4.74 Å². The first-order chi connectivity index (χ1) is 6.79. The largest absolute Gasteiger partial charge is 0.478 e. The third kappa shape index (κ3) is 1.61. The van der Waals surface area contributed by atoms with Crippen LogP contribution in [0.3, 0.4) is 0 Å². The number of hydrogen-bond donors (Lipinski definition) is 1. The van der Waals surface area contributed by atoms with Crippen LogP contribution in [-0.4, -0.2) is 22.7 Å². The number of carboxylic acids is 1. The van der Waals surface area contributed by atoms with Gasteiger partial charge in [0.25, 0.3) is 0 Å². The molecule has 1 N–H and O–H groups in total. The summed E-state index contributed by atoms with van der Waals surface area (Å²) in [5.41, 5.74) is 0.803. The normalized spacial score (nSPS) is 21.0. The number of rotatable bonds is 2. The van der Waals surface area contributed by atoms with E-state index in [9.17, 15) is 4.79 Å². The number of ether oxygens (including phenoxy) is 1. The molecule has 1 aromatic heterocycles. The van der Waals surface area contributed by atoms with Crippen molar-refractivity contribution in [3.8, 4) is 0 Å². The highest BCUT2D eigenvalue weighted by molar-refractivity contribution is 5.88. The van der Waals surface area contributed by atoms with Gasteiger partial charge in [-0.25, -0.2) is 4.79 Å². The molecule has 1 unspecified atom stereocenters. The second-order valence-corrected chi connectivity index (χ2v) is 3.24. The summed E-state index contributed by atoms with van der Waals surface area (Å²) in [6, 6.07) is 3.19. The van der Waals surface area contributed by atoms with Crippen LogP contribution in [0.2, 0.25) is 0 Å². The van der Waals surface area contributed by atoms with Crippen LogP contribution >= 0.6 is 0 Å². The van der Waals surface area contributed by atoms with Gasteiger partial charge in [-0.1, -0.05) is 0 Å². The Bertz CT molecular complexity index is 345. The topological polar surface area (TPSA) is 59.4 Å². The van der Waals surface area contributed by atoms with Gasteiger partial charge in [0.2, 0.25) is 0 Å². The fourth-order valence-electron chi connectivity index (χ4n) is 1.65. The average Bonchev–Trinajstić information content (AvgIpc) is 2.70. The Morgan fingerprint density at radius 3 is 3.14 bits per heavy atom. The Hall–Kier alpha value is -1.42. The number of pyridine rings is 1. The number of hydrogen-bond acceptors (Lipinski definition) is 3. The summed E-state index contributed by atoms with van der Waals surface area (Å²) in [5.74, 6) is -0.941. The van der Waals surface area contributed by atoms with Gasteiger partial charge in [-0.3, -0.25) is 4.98 Å². The molecular formula is C10H11NO3. The van der Waals surface area contributed by atoms with Gasteiger partial charge >= 0.3 is 5.97 Å². The first kappa shape index (κ1) is 9.15. The van der Waals surface area contributed by atoms with Crippen molar-refractivity contribution >= 4 is 5.97 Å². The molecule has 1 aliphatic heterocycles. The predicted molar refractivity (Wildman–Crippen MR) is 49.1 cm³/mol. The lowest BCUT2D eigenvalue weighted by Gasteiger charge is -2.10. The smallest absolute Gasteiger partial charge is 0.337 e. The summed E-state index contributed by atoms with van der Waals surface area (Å²) in [6.45, 7) is 0.695. The van der Waals surface area contributed by atoms with Crippen molar-refractivity contribution in [2.75, 3.05) is 6.61 Å². The number of nitrogens with zero attached hydrogens (tertiary/aromatic N) is 1. The number of aromatic carboxylic acids is 1. The van der Waals surface area contributed by atoms with Gasteiger partial charge in [-0.2, -0.15) is 0 Å². The van der Waals surface area contributed by atoms with Gasteiger partial charge in [-0.05, 0) is 25.0 Å². The second-order valence-electron chi connectivity index (χ2n) is 3.24. The highest BCUT2D eigenvalue weighted by Gasteiger charge is 2.23. The van der Waals surface area contributed by atoms with Crippen LogP contribution in [0.4, 0.5) is 0 Å². The summed E-state index contributed by atoms with van der Waals surface area (Å²) >= 11 is 0. The maximum atomic E-state index is 10.9. The van der Waals surface area contributed by atoms with Crippen molar-refractivity contribution < 1.29 is 14.6 Å². The van der Waals surface area contributed by atoms with Crippen LogP contribution in [0.5, 0.6) is 0 Å². The number of aromatic nitrogens is 1. The zero-order valence-corrected chi connectivity index (χ0v) is 7.64. The lowest BCUT2D eigenvalue weighted by atomic mass is 10.1. The zero-order valence-electron chi connectivity index (χ0n) is 7.64. The summed E-state index contributed by atoms with van der Waals surface area (Å²) in [7, 11) is 0. The Morgan fingerprint density at radius 2 is 2.50 bits per heavy atom. The van der Waals surface area contributed by atoms with Gasteiger partial charge in [0, 0.05) is 12.8 Å². The van der Waals surface area contributed by atoms with E-state index in [0.29, 0.717) is 12.3 Å². The summed E-state index contributed by atoms with van der Waals surface area (Å²) in [5, 5.41) is 8.93. The Labute approximate surface area is 81.5 Å². The molecule has 2 rings (SSSR count). The molecule has 1 aliphatic rings. The van der Waals surface area contributed by atoms with Crippen LogP contribution in [0, 0.1) is 0 Å². The lowest BCUT2D eigenvalue weighted by Crippen LogP contribution is -2.08. The van der Waals surface area contributed by atoms with Crippen LogP contribution in [0.15, 0.2) is 18.3 Å². The molecule has 0 spiro atoms. The van der Waals surface area contributed by atoms with Crippen molar-refractivity contribution in [3.63, 3.8) is 0 Å². The number of carboxylic acid groups (broad SMARTS) is 1. The van der Waals surface area contributed by atoms with E-state index < -0.39 is 5.97 Å². The molecule has 1 saturated heterocycles. The van der Waals surface area contributed by atoms with Gasteiger partial charge in [-0.15, -0.1) is 0 Å². The lowest BCUT2D eigenvalue weighted by molar-refractivity contribution is 0.0679. The minimum absolute atomic E-state index is 0.137. The zero-order chi connectivity index (χ0) is 9.97. The summed E-state index contributed by atoms with van der Waals surface area (Å²) in [4.78, 5) is 15.0. The molecule has 4 nitrogen and oxygen atoms in total. The molecule has 1 aromatic rings. The maximum absolute atomic E-state index is 10.9. The van der Waals surface area contributed by atoms with Crippen LogP contribution in [0.1, 0.15) is 35.0 Å².